The predicted octanol–water partition coefficient (Wildman–Crippen LogP) is 1.96. The highest BCUT2D eigenvalue weighted by atomic mass is 16.7. The van der Waals surface area contributed by atoms with Gasteiger partial charge in [0.05, 0.1) is 12.1 Å². The van der Waals surface area contributed by atoms with Crippen molar-refractivity contribution in [2.75, 3.05) is 23.9 Å². The van der Waals surface area contributed by atoms with Gasteiger partial charge in [0.25, 0.3) is 0 Å². The Morgan fingerprint density at radius 2 is 2.19 bits per heavy atom. The molecule has 1 aliphatic rings. The smallest absolute Gasteiger partial charge is 0.153 e. The number of hydrogen-bond donors (Lipinski definition) is 1. The molecule has 0 radical (unpaired) electrons. The minimum absolute atomic E-state index is 0.763. The van der Waals surface area contributed by atoms with E-state index in [1.807, 2.05) is 35.4 Å². The molecule has 0 spiro atoms. The van der Waals surface area contributed by atoms with E-state index in [1.54, 1.807) is 0 Å². The number of aromatic nitrogens is 1. The Hall–Kier alpha value is -1.81. The van der Waals surface area contributed by atoms with E-state index in [2.05, 4.69) is 4.98 Å². The molecule has 3 rings (SSSR count). The van der Waals surface area contributed by atoms with E-state index in [9.17, 15) is 0 Å². The molecular weight excluding hydrogens is 202 g/mol. The lowest BCUT2D eigenvalue weighted by Gasteiger charge is -2.15. The van der Waals surface area contributed by atoms with Crippen molar-refractivity contribution >= 4 is 22.4 Å². The van der Waals surface area contributed by atoms with Crippen molar-refractivity contribution < 1.29 is 4.84 Å². The Morgan fingerprint density at radius 1 is 1.25 bits per heavy atom. The van der Waals surface area contributed by atoms with E-state index in [4.69, 9.17) is 10.6 Å². The number of fused-ring (bicyclic) bond motifs is 1. The summed E-state index contributed by atoms with van der Waals surface area (Å²) in [5.41, 5.74) is 7.43. The number of benzene rings is 1. The van der Waals surface area contributed by atoms with Gasteiger partial charge in [-0.15, -0.1) is 0 Å². The molecule has 1 aromatic heterocycles. The minimum Gasteiger partial charge on any atom is -0.399 e. The van der Waals surface area contributed by atoms with Crippen molar-refractivity contribution in [3.05, 3.63) is 30.3 Å². The summed E-state index contributed by atoms with van der Waals surface area (Å²) in [5, 5.41) is 2.90. The van der Waals surface area contributed by atoms with Crippen LogP contribution in [0, 0.1) is 0 Å². The summed E-state index contributed by atoms with van der Waals surface area (Å²) in [7, 11) is 0. The van der Waals surface area contributed by atoms with E-state index in [-0.39, 0.29) is 0 Å². The van der Waals surface area contributed by atoms with Crippen LogP contribution in [0.15, 0.2) is 30.3 Å². The topological polar surface area (TPSA) is 51.4 Å². The molecule has 0 atom stereocenters. The molecule has 82 valence electrons. The lowest BCUT2D eigenvalue weighted by atomic mass is 10.2. The van der Waals surface area contributed by atoms with Crippen molar-refractivity contribution in [2.24, 2.45) is 0 Å². The molecule has 2 N–H and O–H groups in total. The summed E-state index contributed by atoms with van der Waals surface area (Å²) in [6, 6.07) is 9.72. The Morgan fingerprint density at radius 3 is 3.00 bits per heavy atom. The van der Waals surface area contributed by atoms with Gasteiger partial charge in [0, 0.05) is 17.6 Å². The van der Waals surface area contributed by atoms with Gasteiger partial charge in [-0.3, -0.25) is 4.84 Å². The second kappa shape index (κ2) is 3.64. The Labute approximate surface area is 93.6 Å². The maximum Gasteiger partial charge on any atom is 0.153 e. The fourth-order valence-corrected chi connectivity index (χ4v) is 1.90. The molecule has 4 heteroatoms. The van der Waals surface area contributed by atoms with Crippen LogP contribution in [0.3, 0.4) is 0 Å². The van der Waals surface area contributed by atoms with Crippen molar-refractivity contribution in [3.63, 3.8) is 0 Å². The number of hydroxylamine groups is 1. The molecule has 1 fully saturated rings. The molecule has 1 aromatic carbocycles. The standard InChI is InChI=1S/C12H13N3O/c13-10-3-4-11-9(8-10)2-5-12(14-11)15-6-1-7-16-15/h2-5,8H,1,6-7,13H2. The summed E-state index contributed by atoms with van der Waals surface area (Å²) in [6.45, 7) is 1.69. The van der Waals surface area contributed by atoms with Crippen LogP contribution in [0.4, 0.5) is 11.5 Å². The Balaban J connectivity index is 2.05. The predicted molar refractivity (Wildman–Crippen MR) is 64.1 cm³/mol. The Kier molecular flexibility index (Phi) is 2.15. The van der Waals surface area contributed by atoms with E-state index >= 15 is 0 Å². The zero-order valence-corrected chi connectivity index (χ0v) is 8.89. The van der Waals surface area contributed by atoms with Crippen molar-refractivity contribution in [2.45, 2.75) is 6.42 Å². The van der Waals surface area contributed by atoms with Gasteiger partial charge in [-0.25, -0.2) is 10.0 Å². The van der Waals surface area contributed by atoms with Crippen molar-refractivity contribution in [3.8, 4) is 0 Å². The van der Waals surface area contributed by atoms with Crippen LogP contribution < -0.4 is 10.8 Å². The molecule has 2 heterocycles. The number of nitrogens with two attached hydrogens (primary N) is 1. The largest absolute Gasteiger partial charge is 0.399 e. The van der Waals surface area contributed by atoms with Crippen LogP contribution in [-0.4, -0.2) is 18.1 Å². The van der Waals surface area contributed by atoms with Gasteiger partial charge in [0.2, 0.25) is 0 Å². The van der Waals surface area contributed by atoms with Crippen LogP contribution in [0.1, 0.15) is 6.42 Å². The van der Waals surface area contributed by atoms with E-state index in [0.717, 1.165) is 42.0 Å². The van der Waals surface area contributed by atoms with Gasteiger partial charge < -0.3 is 5.73 Å². The first kappa shape index (κ1) is 9.42. The molecule has 16 heavy (non-hydrogen) atoms. The maximum absolute atomic E-state index is 5.72. The van der Waals surface area contributed by atoms with E-state index in [0.29, 0.717) is 0 Å². The quantitative estimate of drug-likeness (QED) is 0.739. The molecule has 0 bridgehead atoms. The molecule has 0 aliphatic carbocycles. The van der Waals surface area contributed by atoms with E-state index in [1.165, 1.54) is 0 Å². The fourth-order valence-electron chi connectivity index (χ4n) is 1.90. The molecule has 1 saturated heterocycles. The second-order valence-corrected chi connectivity index (χ2v) is 3.91. The zero-order chi connectivity index (χ0) is 11.0. The zero-order valence-electron chi connectivity index (χ0n) is 8.89. The third kappa shape index (κ3) is 1.57. The number of hydrogen-bond acceptors (Lipinski definition) is 4. The van der Waals surface area contributed by atoms with Gasteiger partial charge in [-0.05, 0) is 36.8 Å². The Bertz CT molecular complexity index is 521. The normalized spacial score (nSPS) is 15.9. The second-order valence-electron chi connectivity index (χ2n) is 3.91. The molecule has 0 amide bonds. The monoisotopic (exact) mass is 215 g/mol. The van der Waals surface area contributed by atoms with Crippen LogP contribution in [-0.2, 0) is 4.84 Å². The number of pyridine rings is 1. The highest BCUT2D eigenvalue weighted by molar-refractivity contribution is 5.83. The third-order valence-corrected chi connectivity index (χ3v) is 2.71. The van der Waals surface area contributed by atoms with Gasteiger partial charge in [-0.1, -0.05) is 0 Å². The SMILES string of the molecule is Nc1ccc2nc(N3CCCO3)ccc2c1. The summed E-state index contributed by atoms with van der Waals surface area (Å²) in [4.78, 5) is 10.0. The fraction of sp³-hybridized carbons (Fsp3) is 0.250. The molecule has 4 nitrogen and oxygen atoms in total. The first-order chi connectivity index (χ1) is 7.83. The minimum atomic E-state index is 0.763. The van der Waals surface area contributed by atoms with Crippen molar-refractivity contribution in [1.82, 2.24) is 4.98 Å². The van der Waals surface area contributed by atoms with Gasteiger partial charge in [0.15, 0.2) is 5.82 Å². The summed E-state index contributed by atoms with van der Waals surface area (Å²) in [5.74, 6) is 0.870. The number of nitrogen functional groups attached to an aromatic ring is 1. The van der Waals surface area contributed by atoms with Crippen LogP contribution in [0.5, 0.6) is 0 Å². The maximum atomic E-state index is 5.72. The molecule has 0 saturated carbocycles. The molecular formula is C12H13N3O. The van der Waals surface area contributed by atoms with Crippen LogP contribution >= 0.6 is 0 Å². The van der Waals surface area contributed by atoms with Crippen LogP contribution in [0.25, 0.3) is 10.9 Å². The average Bonchev–Trinajstić information content (AvgIpc) is 2.82. The van der Waals surface area contributed by atoms with Crippen molar-refractivity contribution in [1.29, 1.82) is 0 Å². The lowest BCUT2D eigenvalue weighted by Crippen LogP contribution is -2.17. The molecule has 1 aliphatic heterocycles. The summed E-state index contributed by atoms with van der Waals surface area (Å²) in [6.07, 6.45) is 1.06. The first-order valence-corrected chi connectivity index (χ1v) is 5.40. The van der Waals surface area contributed by atoms with Gasteiger partial charge >= 0.3 is 0 Å². The number of anilines is 2. The number of rotatable bonds is 1. The summed E-state index contributed by atoms with van der Waals surface area (Å²) < 4.78 is 0. The summed E-state index contributed by atoms with van der Waals surface area (Å²) >= 11 is 0. The third-order valence-electron chi connectivity index (χ3n) is 2.71. The first-order valence-electron chi connectivity index (χ1n) is 5.40. The number of nitrogens with zero attached hydrogens (tertiary/aromatic N) is 2. The highest BCUT2D eigenvalue weighted by Crippen LogP contribution is 2.22. The van der Waals surface area contributed by atoms with Gasteiger partial charge in [0.1, 0.15) is 0 Å². The van der Waals surface area contributed by atoms with Crippen LogP contribution in [0.2, 0.25) is 0 Å². The van der Waals surface area contributed by atoms with E-state index < -0.39 is 0 Å². The molecule has 0 unspecified atom stereocenters. The van der Waals surface area contributed by atoms with Gasteiger partial charge in [-0.2, -0.15) is 0 Å². The lowest BCUT2D eigenvalue weighted by molar-refractivity contribution is 0.166. The average molecular weight is 215 g/mol. The highest BCUT2D eigenvalue weighted by Gasteiger charge is 2.14. The molecule has 2 aromatic rings.